The van der Waals surface area contributed by atoms with Gasteiger partial charge < -0.3 is 15.8 Å². The third kappa shape index (κ3) is 5.21. The molecular formula is C21H25ClF3N3O. The minimum absolute atomic E-state index is 0. The van der Waals surface area contributed by atoms with E-state index in [4.69, 9.17) is 10.5 Å². The van der Waals surface area contributed by atoms with Crippen LogP contribution in [0.25, 0.3) is 0 Å². The van der Waals surface area contributed by atoms with Crippen LogP contribution >= 0.6 is 12.4 Å². The van der Waals surface area contributed by atoms with Crippen molar-refractivity contribution in [3.8, 4) is 5.75 Å². The monoisotopic (exact) mass is 427 g/mol. The maximum Gasteiger partial charge on any atom is 0.219 e. The Morgan fingerprint density at radius 1 is 1.14 bits per heavy atom. The summed E-state index contributed by atoms with van der Waals surface area (Å²) >= 11 is 0. The number of benzene rings is 1. The number of rotatable bonds is 6. The molecule has 1 aromatic heterocycles. The smallest absolute Gasteiger partial charge is 0.219 e. The molecule has 0 unspecified atom stereocenters. The maximum absolute atomic E-state index is 14.4. The molecule has 2 fully saturated rings. The number of hydrogen-bond donors (Lipinski definition) is 2. The van der Waals surface area contributed by atoms with Crippen molar-refractivity contribution in [2.24, 2.45) is 5.73 Å². The molecule has 2 aliphatic carbocycles. The quantitative estimate of drug-likeness (QED) is 0.678. The third-order valence-electron chi connectivity index (χ3n) is 5.66. The van der Waals surface area contributed by atoms with E-state index in [9.17, 15) is 13.2 Å². The van der Waals surface area contributed by atoms with Gasteiger partial charge in [0, 0.05) is 47.4 Å². The summed E-state index contributed by atoms with van der Waals surface area (Å²) < 4.78 is 47.6. The molecule has 2 aliphatic rings. The Labute approximate surface area is 174 Å². The number of nitrogens with two attached hydrogens (primary N) is 1. The molecule has 0 amide bonds. The SMILES string of the molecule is Cl.NC1CCC(N[C@@H]2C[C@H]2c2cc(F)cc(F)c2OCc2cccnc2F)CC1. The molecule has 0 aliphatic heterocycles. The number of halogens is 4. The molecule has 4 nitrogen and oxygen atoms in total. The summed E-state index contributed by atoms with van der Waals surface area (Å²) in [5, 5.41) is 3.58. The van der Waals surface area contributed by atoms with Crippen molar-refractivity contribution >= 4 is 12.4 Å². The summed E-state index contributed by atoms with van der Waals surface area (Å²) in [5.74, 6) is -2.09. The van der Waals surface area contributed by atoms with Gasteiger partial charge in [0.1, 0.15) is 12.4 Å². The third-order valence-corrected chi connectivity index (χ3v) is 5.66. The molecule has 8 heteroatoms. The number of aromatic nitrogens is 1. The van der Waals surface area contributed by atoms with Gasteiger partial charge in [-0.05, 0) is 50.3 Å². The Balaban J connectivity index is 0.00000240. The highest BCUT2D eigenvalue weighted by molar-refractivity contribution is 5.85. The zero-order valence-corrected chi connectivity index (χ0v) is 16.7. The lowest BCUT2D eigenvalue weighted by Crippen LogP contribution is -2.38. The summed E-state index contributed by atoms with van der Waals surface area (Å²) in [6.07, 6.45) is 6.16. The first kappa shape index (κ1) is 21.9. The van der Waals surface area contributed by atoms with Gasteiger partial charge in [-0.25, -0.2) is 13.8 Å². The second-order valence-electron chi connectivity index (χ2n) is 7.78. The molecule has 29 heavy (non-hydrogen) atoms. The summed E-state index contributed by atoms with van der Waals surface area (Å²) in [6.45, 7) is -0.166. The molecule has 1 heterocycles. The molecule has 3 N–H and O–H groups in total. The fourth-order valence-corrected chi connectivity index (χ4v) is 4.00. The molecule has 158 valence electrons. The molecule has 2 saturated carbocycles. The predicted octanol–water partition coefficient (Wildman–Crippen LogP) is 4.22. The van der Waals surface area contributed by atoms with E-state index in [1.165, 1.54) is 18.3 Å². The zero-order valence-electron chi connectivity index (χ0n) is 15.9. The van der Waals surface area contributed by atoms with Crippen molar-refractivity contribution in [2.75, 3.05) is 0 Å². The average Bonchev–Trinajstić information content (AvgIpc) is 3.42. The first-order valence-electron chi connectivity index (χ1n) is 9.74. The number of nitrogens with one attached hydrogen (secondary N) is 1. The van der Waals surface area contributed by atoms with Gasteiger partial charge in [-0.2, -0.15) is 4.39 Å². The van der Waals surface area contributed by atoms with Crippen LogP contribution in [0.3, 0.4) is 0 Å². The topological polar surface area (TPSA) is 60.2 Å². The summed E-state index contributed by atoms with van der Waals surface area (Å²) in [5.41, 5.74) is 6.66. The second-order valence-corrected chi connectivity index (χ2v) is 7.78. The van der Waals surface area contributed by atoms with Crippen LogP contribution in [0.4, 0.5) is 13.2 Å². The number of pyridine rings is 1. The Hall–Kier alpha value is -1.83. The van der Waals surface area contributed by atoms with E-state index >= 15 is 0 Å². The molecule has 4 rings (SSSR count). The normalized spacial score (nSPS) is 25.9. The second kappa shape index (κ2) is 9.32. The van der Waals surface area contributed by atoms with E-state index < -0.39 is 17.6 Å². The Kier molecular flexibility index (Phi) is 7.03. The minimum Gasteiger partial charge on any atom is -0.485 e. The van der Waals surface area contributed by atoms with E-state index in [1.807, 2.05) is 0 Å². The fraction of sp³-hybridized carbons (Fsp3) is 0.476. The van der Waals surface area contributed by atoms with Crippen molar-refractivity contribution in [1.82, 2.24) is 10.3 Å². The Morgan fingerprint density at radius 2 is 1.90 bits per heavy atom. The lowest BCUT2D eigenvalue weighted by Gasteiger charge is -2.27. The largest absolute Gasteiger partial charge is 0.485 e. The van der Waals surface area contributed by atoms with Gasteiger partial charge in [-0.3, -0.25) is 0 Å². The van der Waals surface area contributed by atoms with Gasteiger partial charge in [0.05, 0.1) is 0 Å². The van der Waals surface area contributed by atoms with Crippen molar-refractivity contribution in [3.63, 3.8) is 0 Å². The van der Waals surface area contributed by atoms with Crippen LogP contribution in [0.5, 0.6) is 5.75 Å². The predicted molar refractivity (Wildman–Crippen MR) is 107 cm³/mol. The lowest BCUT2D eigenvalue weighted by atomic mass is 9.92. The summed E-state index contributed by atoms with van der Waals surface area (Å²) in [4.78, 5) is 3.56. The van der Waals surface area contributed by atoms with Crippen LogP contribution in [0.15, 0.2) is 30.5 Å². The number of nitrogens with zero attached hydrogens (tertiary/aromatic N) is 1. The number of hydrogen-bond acceptors (Lipinski definition) is 4. The molecule has 0 spiro atoms. The highest BCUT2D eigenvalue weighted by Crippen LogP contribution is 2.46. The highest BCUT2D eigenvalue weighted by Gasteiger charge is 2.42. The molecule has 1 aromatic carbocycles. The van der Waals surface area contributed by atoms with Crippen molar-refractivity contribution in [3.05, 3.63) is 59.2 Å². The van der Waals surface area contributed by atoms with Gasteiger partial charge in [0.15, 0.2) is 11.6 Å². The first-order valence-corrected chi connectivity index (χ1v) is 9.74. The fourth-order valence-electron chi connectivity index (χ4n) is 4.00. The number of ether oxygens (including phenoxy) is 1. The van der Waals surface area contributed by atoms with Gasteiger partial charge in [0.2, 0.25) is 5.95 Å². The molecule has 0 saturated heterocycles. The molecule has 0 radical (unpaired) electrons. The average molecular weight is 428 g/mol. The van der Waals surface area contributed by atoms with Crippen LogP contribution in [-0.2, 0) is 6.61 Å². The Bertz CT molecular complexity index is 846. The van der Waals surface area contributed by atoms with Gasteiger partial charge in [0.25, 0.3) is 0 Å². The van der Waals surface area contributed by atoms with Crippen LogP contribution in [0, 0.1) is 17.6 Å². The van der Waals surface area contributed by atoms with Gasteiger partial charge in [-0.1, -0.05) is 0 Å². The van der Waals surface area contributed by atoms with Crippen LogP contribution < -0.4 is 15.8 Å². The maximum atomic E-state index is 14.4. The van der Waals surface area contributed by atoms with E-state index in [-0.39, 0.29) is 48.3 Å². The van der Waals surface area contributed by atoms with E-state index in [0.29, 0.717) is 11.6 Å². The van der Waals surface area contributed by atoms with Crippen LogP contribution in [0.1, 0.15) is 49.1 Å². The van der Waals surface area contributed by atoms with E-state index in [1.54, 1.807) is 6.07 Å². The first-order chi connectivity index (χ1) is 13.5. The van der Waals surface area contributed by atoms with Gasteiger partial charge in [-0.15, -0.1) is 12.4 Å². The summed E-state index contributed by atoms with van der Waals surface area (Å²) in [6, 6.07) is 6.06. The Morgan fingerprint density at radius 3 is 2.62 bits per heavy atom. The molecular weight excluding hydrogens is 403 g/mol. The minimum atomic E-state index is -0.770. The van der Waals surface area contributed by atoms with Crippen molar-refractivity contribution in [2.45, 2.75) is 62.8 Å². The van der Waals surface area contributed by atoms with E-state index in [0.717, 1.165) is 38.2 Å². The molecule has 2 atom stereocenters. The van der Waals surface area contributed by atoms with Crippen LogP contribution in [-0.4, -0.2) is 23.1 Å². The lowest BCUT2D eigenvalue weighted by molar-refractivity contribution is 0.278. The molecule has 0 bridgehead atoms. The van der Waals surface area contributed by atoms with Gasteiger partial charge >= 0.3 is 0 Å². The summed E-state index contributed by atoms with van der Waals surface area (Å²) in [7, 11) is 0. The van der Waals surface area contributed by atoms with Crippen molar-refractivity contribution in [1.29, 1.82) is 0 Å². The molecule has 2 aromatic rings. The van der Waals surface area contributed by atoms with Crippen LogP contribution in [0.2, 0.25) is 0 Å². The standard InChI is InChI=1S/C21H24F3N3O.ClH/c22-13-8-17(16-10-19(16)27-15-5-3-14(25)4-6-15)20(18(23)9-13)28-11-12-2-1-7-26-21(12)24;/h1-2,7-9,14-16,19,27H,3-6,10-11,25H2;1H/t14?,15?,16-,19+;/m0./s1. The highest BCUT2D eigenvalue weighted by atomic mass is 35.5. The van der Waals surface area contributed by atoms with Crippen molar-refractivity contribution < 1.29 is 17.9 Å². The zero-order chi connectivity index (χ0) is 19.7. The van der Waals surface area contributed by atoms with E-state index in [2.05, 4.69) is 10.3 Å².